The van der Waals surface area contributed by atoms with Gasteiger partial charge in [0, 0.05) is 6.07 Å². The number of hydrogen-bond donors (Lipinski definition) is 0. The van der Waals surface area contributed by atoms with Gasteiger partial charge in [-0.25, -0.2) is 13.0 Å². The molecule has 0 aliphatic heterocycles. The Labute approximate surface area is 152 Å². The topological polar surface area (TPSA) is 82.3 Å². The summed E-state index contributed by atoms with van der Waals surface area (Å²) in [5, 5.41) is 7.26. The van der Waals surface area contributed by atoms with Crippen molar-refractivity contribution in [2.45, 2.75) is 31.9 Å². The maximum Gasteiger partial charge on any atom is 0.152 e. The summed E-state index contributed by atoms with van der Waals surface area (Å²) in [5.41, 5.74) is 3.69. The van der Waals surface area contributed by atoms with Crippen LogP contribution in [0.3, 0.4) is 0 Å². The fraction of sp³-hybridized carbons (Fsp3) is 0.368. The summed E-state index contributed by atoms with van der Waals surface area (Å²) in [5.74, 6) is 1.77. The molecule has 3 aromatic rings. The standard InChI is InChI=1S/C19H20N2O4S/c1-12(2)26(22,23)11-13-7-14-3-4-16(9-15(14)8-13)24-17-5-6-18-19(10-17)21-25-20-18/h3-6,9-10,12-13H,7-8,11H2,1-2H3/t13-/m0/s1. The molecule has 0 radical (unpaired) electrons. The van der Waals surface area contributed by atoms with Gasteiger partial charge in [-0.3, -0.25) is 0 Å². The Morgan fingerprint density at radius 3 is 2.54 bits per heavy atom. The van der Waals surface area contributed by atoms with Gasteiger partial charge in [0.25, 0.3) is 0 Å². The number of fused-ring (bicyclic) bond motifs is 2. The number of benzene rings is 2. The summed E-state index contributed by atoms with van der Waals surface area (Å²) in [6.45, 7) is 3.48. The molecule has 2 aromatic carbocycles. The van der Waals surface area contributed by atoms with E-state index in [1.165, 1.54) is 5.56 Å². The Kier molecular flexibility index (Phi) is 4.19. The van der Waals surface area contributed by atoms with Crippen molar-refractivity contribution in [1.29, 1.82) is 0 Å². The predicted octanol–water partition coefficient (Wildman–Crippen LogP) is 3.55. The third kappa shape index (κ3) is 3.31. The zero-order chi connectivity index (χ0) is 18.3. The third-order valence-corrected chi connectivity index (χ3v) is 7.21. The molecule has 1 atom stereocenters. The molecule has 7 heteroatoms. The predicted molar refractivity (Wildman–Crippen MR) is 98.1 cm³/mol. The van der Waals surface area contributed by atoms with Crippen LogP contribution in [0.4, 0.5) is 0 Å². The molecule has 0 saturated carbocycles. The highest BCUT2D eigenvalue weighted by molar-refractivity contribution is 7.91. The molecular formula is C19H20N2O4S. The molecule has 1 aliphatic rings. The molecule has 136 valence electrons. The lowest BCUT2D eigenvalue weighted by Crippen LogP contribution is -2.23. The molecule has 0 spiro atoms. The van der Waals surface area contributed by atoms with Crippen LogP contribution in [0, 0.1) is 5.92 Å². The minimum atomic E-state index is -3.03. The zero-order valence-electron chi connectivity index (χ0n) is 14.7. The fourth-order valence-corrected chi connectivity index (χ4v) is 4.63. The summed E-state index contributed by atoms with van der Waals surface area (Å²) >= 11 is 0. The smallest absolute Gasteiger partial charge is 0.152 e. The average Bonchev–Trinajstić information content (AvgIpc) is 3.19. The minimum absolute atomic E-state index is 0.144. The Balaban J connectivity index is 1.50. The molecule has 0 fully saturated rings. The maximum absolute atomic E-state index is 12.2. The van der Waals surface area contributed by atoms with Gasteiger partial charge < -0.3 is 4.74 Å². The molecule has 1 heterocycles. The van der Waals surface area contributed by atoms with E-state index >= 15 is 0 Å². The van der Waals surface area contributed by atoms with Gasteiger partial charge in [-0.05, 0) is 78.3 Å². The van der Waals surface area contributed by atoms with Crippen LogP contribution in [0.1, 0.15) is 25.0 Å². The molecule has 0 unspecified atom stereocenters. The van der Waals surface area contributed by atoms with Crippen molar-refractivity contribution in [1.82, 2.24) is 10.3 Å². The minimum Gasteiger partial charge on any atom is -0.457 e. The van der Waals surface area contributed by atoms with Gasteiger partial charge in [-0.2, -0.15) is 0 Å². The first-order valence-corrected chi connectivity index (χ1v) is 10.4. The number of ether oxygens (including phenoxy) is 1. The normalized spacial score (nSPS) is 17.0. The number of nitrogens with zero attached hydrogens (tertiary/aromatic N) is 2. The van der Waals surface area contributed by atoms with Crippen LogP contribution in [0.15, 0.2) is 41.0 Å². The van der Waals surface area contributed by atoms with Gasteiger partial charge in [0.05, 0.1) is 11.0 Å². The lowest BCUT2D eigenvalue weighted by Gasteiger charge is -2.12. The van der Waals surface area contributed by atoms with Gasteiger partial charge >= 0.3 is 0 Å². The summed E-state index contributed by atoms with van der Waals surface area (Å²) in [6.07, 6.45) is 1.57. The molecule has 26 heavy (non-hydrogen) atoms. The van der Waals surface area contributed by atoms with E-state index in [0.717, 1.165) is 24.2 Å². The van der Waals surface area contributed by atoms with E-state index in [2.05, 4.69) is 10.3 Å². The van der Waals surface area contributed by atoms with E-state index in [4.69, 9.17) is 9.37 Å². The maximum atomic E-state index is 12.2. The quantitative estimate of drug-likeness (QED) is 0.681. The van der Waals surface area contributed by atoms with Gasteiger partial charge in [0.2, 0.25) is 0 Å². The monoisotopic (exact) mass is 372 g/mol. The first-order valence-electron chi connectivity index (χ1n) is 8.64. The second-order valence-electron chi connectivity index (χ2n) is 7.10. The van der Waals surface area contributed by atoms with Gasteiger partial charge in [-0.1, -0.05) is 6.07 Å². The molecule has 0 amide bonds. The van der Waals surface area contributed by atoms with Crippen LogP contribution >= 0.6 is 0 Å². The number of aromatic nitrogens is 2. The van der Waals surface area contributed by atoms with Gasteiger partial charge in [0.1, 0.15) is 22.5 Å². The van der Waals surface area contributed by atoms with Crippen LogP contribution in [0.5, 0.6) is 11.5 Å². The van der Waals surface area contributed by atoms with Crippen LogP contribution in [0.2, 0.25) is 0 Å². The molecule has 0 bridgehead atoms. The Bertz CT molecular complexity index is 1060. The molecule has 0 N–H and O–H groups in total. The van der Waals surface area contributed by atoms with Crippen molar-refractivity contribution in [2.75, 3.05) is 5.75 Å². The Hall–Kier alpha value is -2.41. The van der Waals surface area contributed by atoms with Crippen LogP contribution < -0.4 is 4.74 Å². The van der Waals surface area contributed by atoms with Crippen molar-refractivity contribution < 1.29 is 17.8 Å². The summed E-state index contributed by atoms with van der Waals surface area (Å²) in [4.78, 5) is 0. The highest BCUT2D eigenvalue weighted by Crippen LogP contribution is 2.33. The lowest BCUT2D eigenvalue weighted by atomic mass is 10.1. The van der Waals surface area contributed by atoms with Crippen LogP contribution in [-0.2, 0) is 22.7 Å². The highest BCUT2D eigenvalue weighted by Gasteiger charge is 2.28. The van der Waals surface area contributed by atoms with E-state index < -0.39 is 9.84 Å². The van der Waals surface area contributed by atoms with Crippen molar-refractivity contribution in [3.05, 3.63) is 47.5 Å². The van der Waals surface area contributed by atoms with E-state index in [-0.39, 0.29) is 16.9 Å². The number of hydrogen-bond acceptors (Lipinski definition) is 6. The van der Waals surface area contributed by atoms with Crippen molar-refractivity contribution in [2.24, 2.45) is 5.92 Å². The first kappa shape index (κ1) is 17.0. The van der Waals surface area contributed by atoms with E-state index in [9.17, 15) is 8.42 Å². The van der Waals surface area contributed by atoms with E-state index in [0.29, 0.717) is 16.8 Å². The molecule has 1 aromatic heterocycles. The second kappa shape index (κ2) is 6.39. The summed E-state index contributed by atoms with van der Waals surface area (Å²) in [6, 6.07) is 11.3. The van der Waals surface area contributed by atoms with Crippen molar-refractivity contribution in [3.8, 4) is 11.5 Å². The molecule has 6 nitrogen and oxygen atoms in total. The third-order valence-electron chi connectivity index (χ3n) is 4.84. The number of rotatable bonds is 5. The van der Waals surface area contributed by atoms with E-state index in [1.54, 1.807) is 26.0 Å². The van der Waals surface area contributed by atoms with Gasteiger partial charge in [-0.15, -0.1) is 0 Å². The summed E-state index contributed by atoms with van der Waals surface area (Å²) < 4.78 is 35.0. The highest BCUT2D eigenvalue weighted by atomic mass is 32.2. The largest absolute Gasteiger partial charge is 0.457 e. The van der Waals surface area contributed by atoms with Crippen LogP contribution in [0.25, 0.3) is 11.0 Å². The Morgan fingerprint density at radius 2 is 1.73 bits per heavy atom. The fourth-order valence-electron chi connectivity index (χ4n) is 3.35. The average molecular weight is 372 g/mol. The zero-order valence-corrected chi connectivity index (χ0v) is 15.5. The molecular weight excluding hydrogens is 352 g/mol. The Morgan fingerprint density at radius 1 is 1.04 bits per heavy atom. The first-order chi connectivity index (χ1) is 12.4. The number of sulfone groups is 1. The SMILES string of the molecule is CC(C)S(=O)(=O)C[C@H]1Cc2ccc(Oc3ccc4nonc4c3)cc2C1. The van der Waals surface area contributed by atoms with Crippen LogP contribution in [-0.4, -0.2) is 29.7 Å². The molecule has 4 rings (SSSR count). The molecule has 1 aliphatic carbocycles. The van der Waals surface area contributed by atoms with Crippen molar-refractivity contribution >= 4 is 20.9 Å². The van der Waals surface area contributed by atoms with E-state index in [1.807, 2.05) is 24.3 Å². The van der Waals surface area contributed by atoms with Crippen molar-refractivity contribution in [3.63, 3.8) is 0 Å². The van der Waals surface area contributed by atoms with Gasteiger partial charge in [0.15, 0.2) is 9.84 Å². The molecule has 0 saturated heterocycles. The second-order valence-corrected chi connectivity index (χ2v) is 9.70. The lowest BCUT2D eigenvalue weighted by molar-refractivity contribution is 0.315. The summed E-state index contributed by atoms with van der Waals surface area (Å²) in [7, 11) is -3.03.